The van der Waals surface area contributed by atoms with Gasteiger partial charge in [0.25, 0.3) is 0 Å². The van der Waals surface area contributed by atoms with E-state index in [2.05, 4.69) is 9.97 Å². The summed E-state index contributed by atoms with van der Waals surface area (Å²) in [6.07, 6.45) is -0.136. The van der Waals surface area contributed by atoms with Crippen LogP contribution in [-0.4, -0.2) is 15.9 Å². The normalized spacial score (nSPS) is 11.0. The van der Waals surface area contributed by atoms with Crippen LogP contribution in [0.4, 0.5) is 0 Å². The minimum atomic E-state index is -0.752. The molecule has 0 unspecified atom stereocenters. The second kappa shape index (κ2) is 4.45. The first-order chi connectivity index (χ1) is 10.3. The molecule has 2 aromatic heterocycles. The zero-order chi connectivity index (χ0) is 14.2. The van der Waals surface area contributed by atoms with Crippen molar-refractivity contribution in [3.63, 3.8) is 0 Å². The number of nitrogens with zero attached hydrogens (tertiary/aromatic N) is 2. The largest absolute Gasteiger partial charge is 0.431 e. The number of rotatable bonds is 2. The maximum Gasteiger partial charge on any atom is 0.403 e. The van der Waals surface area contributed by atoms with Crippen molar-refractivity contribution in [3.8, 4) is 6.08 Å². The van der Waals surface area contributed by atoms with Crippen molar-refractivity contribution in [1.82, 2.24) is 9.97 Å². The number of hydrogen-bond acceptors (Lipinski definition) is 6. The van der Waals surface area contributed by atoms with Crippen LogP contribution in [0.15, 0.2) is 57.4 Å². The third-order valence-electron chi connectivity index (χ3n) is 2.92. The van der Waals surface area contributed by atoms with Crippen molar-refractivity contribution < 1.29 is 18.4 Å². The van der Waals surface area contributed by atoms with Gasteiger partial charge < -0.3 is 13.6 Å². The zero-order valence-electron chi connectivity index (χ0n) is 10.6. The number of oxazole rings is 2. The summed E-state index contributed by atoms with van der Waals surface area (Å²) in [6.45, 7) is 0. The van der Waals surface area contributed by atoms with Crippen molar-refractivity contribution in [2.45, 2.75) is 0 Å². The molecule has 0 aliphatic carbocycles. The van der Waals surface area contributed by atoms with Crippen molar-refractivity contribution >= 4 is 28.2 Å². The number of ether oxygens (including phenoxy) is 1. The molecule has 102 valence electrons. The Bertz CT molecular complexity index is 888. The van der Waals surface area contributed by atoms with Gasteiger partial charge in [-0.1, -0.05) is 24.3 Å². The molecule has 0 fully saturated rings. The van der Waals surface area contributed by atoms with Crippen LogP contribution in [0.25, 0.3) is 22.2 Å². The molecule has 0 radical (unpaired) electrons. The van der Waals surface area contributed by atoms with Gasteiger partial charge in [-0.05, 0) is 24.3 Å². The molecule has 6 heteroatoms. The second-order valence-electron chi connectivity index (χ2n) is 4.32. The molecular formula is C15H8N2O4. The zero-order valence-corrected chi connectivity index (χ0v) is 10.6. The van der Waals surface area contributed by atoms with E-state index < -0.39 is 5.97 Å². The lowest BCUT2D eigenvalue weighted by Crippen LogP contribution is -2.08. The van der Waals surface area contributed by atoms with Gasteiger partial charge >= 0.3 is 17.9 Å². The Kier molecular flexibility index (Phi) is 2.47. The fourth-order valence-corrected chi connectivity index (χ4v) is 1.98. The van der Waals surface area contributed by atoms with Crippen LogP contribution in [0.2, 0.25) is 0 Å². The van der Waals surface area contributed by atoms with Crippen LogP contribution in [0, 0.1) is 0 Å². The fourth-order valence-electron chi connectivity index (χ4n) is 1.98. The molecular weight excluding hydrogens is 272 g/mol. The maximum atomic E-state index is 12.0. The summed E-state index contributed by atoms with van der Waals surface area (Å²) >= 11 is 0. The molecule has 0 aliphatic heterocycles. The SMILES string of the molecule is O=C(Oc1nc2ccccc2o1)c1nc2ccccc2o1. The molecule has 0 atom stereocenters. The first kappa shape index (κ1) is 11.7. The molecule has 2 aromatic carbocycles. The monoisotopic (exact) mass is 280 g/mol. The summed E-state index contributed by atoms with van der Waals surface area (Å²) in [6, 6.07) is 14.2. The number of aromatic nitrogens is 2. The molecule has 0 N–H and O–H groups in total. The number of benzene rings is 2. The van der Waals surface area contributed by atoms with Crippen molar-refractivity contribution in [2.24, 2.45) is 0 Å². The van der Waals surface area contributed by atoms with E-state index in [9.17, 15) is 4.79 Å². The summed E-state index contributed by atoms with van der Waals surface area (Å²) in [5.41, 5.74) is 2.25. The average Bonchev–Trinajstić information content (AvgIpc) is 3.10. The van der Waals surface area contributed by atoms with Gasteiger partial charge in [-0.25, -0.2) is 9.78 Å². The van der Waals surface area contributed by atoms with Crippen LogP contribution < -0.4 is 4.74 Å². The number of para-hydroxylation sites is 4. The standard InChI is InChI=1S/C15H8N2O4/c18-14(13-16-9-5-1-3-7-11(9)19-13)21-15-17-10-6-2-4-8-12(10)20-15/h1-8H. The van der Waals surface area contributed by atoms with E-state index >= 15 is 0 Å². The quantitative estimate of drug-likeness (QED) is 0.525. The van der Waals surface area contributed by atoms with E-state index in [1.54, 1.807) is 42.5 Å². The van der Waals surface area contributed by atoms with E-state index in [4.69, 9.17) is 13.6 Å². The van der Waals surface area contributed by atoms with E-state index in [1.165, 1.54) is 0 Å². The van der Waals surface area contributed by atoms with E-state index in [0.717, 1.165) is 0 Å². The summed E-state index contributed by atoms with van der Waals surface area (Å²) < 4.78 is 15.7. The van der Waals surface area contributed by atoms with Crippen LogP contribution in [0.5, 0.6) is 6.08 Å². The Hall–Kier alpha value is -3.15. The molecule has 0 aliphatic rings. The van der Waals surface area contributed by atoms with Gasteiger partial charge in [0.2, 0.25) is 0 Å². The minimum Gasteiger partial charge on any atom is -0.431 e. The molecule has 6 nitrogen and oxygen atoms in total. The third-order valence-corrected chi connectivity index (χ3v) is 2.92. The first-order valence-electron chi connectivity index (χ1n) is 6.23. The smallest absolute Gasteiger partial charge is 0.403 e. The van der Waals surface area contributed by atoms with Crippen LogP contribution in [-0.2, 0) is 0 Å². The highest BCUT2D eigenvalue weighted by molar-refractivity contribution is 5.89. The Morgan fingerprint density at radius 2 is 1.48 bits per heavy atom. The summed E-state index contributed by atoms with van der Waals surface area (Å²) in [5, 5.41) is 0. The van der Waals surface area contributed by atoms with Crippen molar-refractivity contribution in [3.05, 3.63) is 54.4 Å². The molecule has 0 spiro atoms. The average molecular weight is 280 g/mol. The van der Waals surface area contributed by atoms with Crippen LogP contribution in [0.3, 0.4) is 0 Å². The summed E-state index contributed by atoms with van der Waals surface area (Å²) in [7, 11) is 0. The second-order valence-corrected chi connectivity index (χ2v) is 4.32. The molecule has 0 saturated carbocycles. The Morgan fingerprint density at radius 1 is 0.857 bits per heavy atom. The van der Waals surface area contributed by atoms with Gasteiger partial charge in [0, 0.05) is 0 Å². The Labute approximate surface area is 118 Å². The van der Waals surface area contributed by atoms with Gasteiger partial charge in [0.15, 0.2) is 11.2 Å². The minimum absolute atomic E-state index is 0.136. The van der Waals surface area contributed by atoms with Crippen molar-refractivity contribution in [1.29, 1.82) is 0 Å². The van der Waals surface area contributed by atoms with Gasteiger partial charge in [-0.15, -0.1) is 0 Å². The highest BCUT2D eigenvalue weighted by Crippen LogP contribution is 2.21. The predicted octanol–water partition coefficient (Wildman–Crippen LogP) is 3.19. The Balaban J connectivity index is 1.65. The molecule has 4 rings (SSSR count). The summed E-state index contributed by atoms with van der Waals surface area (Å²) in [5.74, 6) is -0.892. The summed E-state index contributed by atoms with van der Waals surface area (Å²) in [4.78, 5) is 20.1. The molecule has 0 amide bonds. The molecule has 21 heavy (non-hydrogen) atoms. The number of fused-ring (bicyclic) bond motifs is 2. The van der Waals surface area contributed by atoms with Gasteiger partial charge in [0.05, 0.1) is 0 Å². The highest BCUT2D eigenvalue weighted by atomic mass is 16.6. The van der Waals surface area contributed by atoms with Crippen molar-refractivity contribution in [2.75, 3.05) is 0 Å². The predicted molar refractivity (Wildman–Crippen MR) is 73.0 cm³/mol. The number of carbonyl (C=O) groups is 1. The number of esters is 1. The lowest BCUT2D eigenvalue weighted by atomic mass is 10.3. The molecule has 0 bridgehead atoms. The first-order valence-corrected chi connectivity index (χ1v) is 6.23. The van der Waals surface area contributed by atoms with Gasteiger partial charge in [0.1, 0.15) is 11.0 Å². The van der Waals surface area contributed by atoms with Gasteiger partial charge in [-0.3, -0.25) is 0 Å². The molecule has 4 aromatic rings. The number of carbonyl (C=O) groups excluding carboxylic acids is 1. The fraction of sp³-hybridized carbons (Fsp3) is 0. The highest BCUT2D eigenvalue weighted by Gasteiger charge is 2.19. The van der Waals surface area contributed by atoms with Crippen LogP contribution in [0.1, 0.15) is 10.7 Å². The Morgan fingerprint density at radius 3 is 2.14 bits per heavy atom. The van der Waals surface area contributed by atoms with E-state index in [0.29, 0.717) is 22.2 Å². The van der Waals surface area contributed by atoms with E-state index in [1.807, 2.05) is 6.07 Å². The topological polar surface area (TPSA) is 78.4 Å². The van der Waals surface area contributed by atoms with E-state index in [-0.39, 0.29) is 12.0 Å². The number of hydrogen-bond donors (Lipinski definition) is 0. The van der Waals surface area contributed by atoms with Gasteiger partial charge in [-0.2, -0.15) is 4.98 Å². The molecule has 0 saturated heterocycles. The molecule has 2 heterocycles. The van der Waals surface area contributed by atoms with Crippen LogP contribution >= 0.6 is 0 Å². The maximum absolute atomic E-state index is 12.0. The lowest BCUT2D eigenvalue weighted by molar-refractivity contribution is 0.0647. The lowest BCUT2D eigenvalue weighted by Gasteiger charge is -1.93. The third kappa shape index (κ3) is 2.02.